The smallest absolute Gasteiger partial charge is 0.262 e. The summed E-state index contributed by atoms with van der Waals surface area (Å²) in [6.45, 7) is 0. The van der Waals surface area contributed by atoms with Gasteiger partial charge in [-0.1, -0.05) is 12.1 Å². The summed E-state index contributed by atoms with van der Waals surface area (Å²) in [4.78, 5) is 28.1. The van der Waals surface area contributed by atoms with Gasteiger partial charge in [-0.2, -0.15) is 0 Å². The number of thiophene rings is 2. The highest BCUT2D eigenvalue weighted by atomic mass is 32.2. The number of aryl methyl sites for hydroxylation is 1. The molecule has 0 unspecified atom stereocenters. The van der Waals surface area contributed by atoms with Gasteiger partial charge in [0, 0.05) is 28.6 Å². The van der Waals surface area contributed by atoms with Crippen molar-refractivity contribution in [2.24, 2.45) is 0 Å². The van der Waals surface area contributed by atoms with E-state index in [1.807, 2.05) is 11.4 Å². The molecule has 0 atom stereocenters. The molecule has 11 heteroatoms. The Hall–Kier alpha value is -3.67. The minimum atomic E-state index is -4.02. The number of sulfonamides is 1. The predicted molar refractivity (Wildman–Crippen MR) is 140 cm³/mol. The monoisotopic (exact) mass is 534 g/mol. The Morgan fingerprint density at radius 1 is 1.00 bits per heavy atom. The van der Waals surface area contributed by atoms with Gasteiger partial charge in [-0.3, -0.25) is 9.52 Å². The molecule has 1 aliphatic heterocycles. The van der Waals surface area contributed by atoms with Crippen molar-refractivity contribution in [2.45, 2.75) is 17.7 Å². The first kappa shape index (κ1) is 22.8. The van der Waals surface area contributed by atoms with Crippen LogP contribution in [0, 0.1) is 0 Å². The Labute approximate surface area is 214 Å². The van der Waals surface area contributed by atoms with E-state index in [2.05, 4.69) is 25.7 Å². The van der Waals surface area contributed by atoms with E-state index in [0.29, 0.717) is 17.5 Å². The molecule has 5 heterocycles. The van der Waals surface area contributed by atoms with Crippen molar-refractivity contribution in [3.05, 3.63) is 71.5 Å². The van der Waals surface area contributed by atoms with Crippen LogP contribution in [0.5, 0.6) is 5.88 Å². The maximum absolute atomic E-state index is 13.3. The Bertz CT molecular complexity index is 1760. The van der Waals surface area contributed by atoms with E-state index >= 15 is 0 Å². The highest BCUT2D eigenvalue weighted by Gasteiger charge is 2.21. The standard InChI is InChI=1S/C25H18N4O4S3/c1-33-25-19-9-16(11-26-25)21-10-18-24(35-21)23(28-13-27-18)22-7-14(12-34-22)5-6-20(30)15-3-2-4-17(8-15)36(31,32)29-19/h2-4,7-13,29H,5-6H2,1H3. The Balaban J connectivity index is 1.56. The van der Waals surface area contributed by atoms with Gasteiger partial charge in [-0.25, -0.2) is 23.4 Å². The number of methoxy groups -OCH3 is 1. The van der Waals surface area contributed by atoms with Gasteiger partial charge >= 0.3 is 0 Å². The normalized spacial score (nSPS) is 14.8. The van der Waals surface area contributed by atoms with Crippen molar-refractivity contribution in [3.8, 4) is 26.9 Å². The van der Waals surface area contributed by atoms with E-state index in [0.717, 1.165) is 31.2 Å². The number of rotatable bonds is 1. The number of ether oxygens (including phenoxy) is 1. The number of carbonyl (C=O) groups is 1. The number of benzene rings is 1. The number of aromatic nitrogens is 3. The van der Waals surface area contributed by atoms with Gasteiger partial charge in [0.2, 0.25) is 5.88 Å². The third-order valence-electron chi connectivity index (χ3n) is 5.88. The van der Waals surface area contributed by atoms with Crippen LogP contribution in [0.1, 0.15) is 22.3 Å². The van der Waals surface area contributed by atoms with Crippen molar-refractivity contribution in [1.82, 2.24) is 15.0 Å². The summed E-state index contributed by atoms with van der Waals surface area (Å²) in [6, 6.07) is 11.7. The zero-order valence-corrected chi connectivity index (χ0v) is 21.3. The van der Waals surface area contributed by atoms with E-state index in [1.165, 1.54) is 36.9 Å². The number of hydrogen-bond donors (Lipinski definition) is 1. The molecule has 0 aliphatic carbocycles. The Morgan fingerprint density at radius 3 is 2.75 bits per heavy atom. The molecule has 8 nitrogen and oxygen atoms in total. The fourth-order valence-corrected chi connectivity index (χ4v) is 7.27. The third-order valence-corrected chi connectivity index (χ3v) is 9.41. The summed E-state index contributed by atoms with van der Waals surface area (Å²) in [7, 11) is -2.59. The van der Waals surface area contributed by atoms with Crippen LogP contribution in [0.4, 0.5) is 5.69 Å². The quantitative estimate of drug-likeness (QED) is 0.306. The number of nitrogens with zero attached hydrogens (tertiary/aromatic N) is 3. The average Bonchev–Trinajstić information content (AvgIpc) is 3.54. The minimum Gasteiger partial charge on any atom is -0.480 e. The number of ketones is 1. The molecule has 4 aromatic heterocycles. The maximum atomic E-state index is 13.3. The lowest BCUT2D eigenvalue weighted by atomic mass is 10.0. The molecule has 0 saturated heterocycles. The van der Waals surface area contributed by atoms with Crippen LogP contribution in [-0.4, -0.2) is 36.3 Å². The lowest BCUT2D eigenvalue weighted by Crippen LogP contribution is -2.15. The fourth-order valence-electron chi connectivity index (χ4n) is 4.07. The van der Waals surface area contributed by atoms with Gasteiger partial charge < -0.3 is 4.74 Å². The van der Waals surface area contributed by atoms with Crippen LogP contribution in [0.25, 0.3) is 31.2 Å². The second-order valence-electron chi connectivity index (χ2n) is 8.20. The van der Waals surface area contributed by atoms with Crippen LogP contribution in [0.3, 0.4) is 0 Å². The van der Waals surface area contributed by atoms with Crippen molar-refractivity contribution >= 4 is 54.4 Å². The number of carbonyl (C=O) groups excluding carboxylic acids is 1. The van der Waals surface area contributed by atoms with E-state index in [9.17, 15) is 13.2 Å². The summed E-state index contributed by atoms with van der Waals surface area (Å²) in [5.41, 5.74) is 3.89. The van der Waals surface area contributed by atoms with Gasteiger partial charge in [0.05, 0.1) is 27.1 Å². The second kappa shape index (κ2) is 8.77. The number of fused-ring (bicyclic) bond motifs is 9. The van der Waals surface area contributed by atoms with Crippen molar-refractivity contribution in [1.29, 1.82) is 0 Å². The second-order valence-corrected chi connectivity index (χ2v) is 11.8. The van der Waals surface area contributed by atoms with E-state index < -0.39 is 10.0 Å². The van der Waals surface area contributed by atoms with Gasteiger partial charge in [0.15, 0.2) is 5.78 Å². The SMILES string of the molecule is COc1ncc2cc1NS(=O)(=O)c1cccc(c1)C(=O)CCc1csc(c1)-c1ncnc3cc-2sc13. The van der Waals surface area contributed by atoms with E-state index in [-0.39, 0.29) is 28.7 Å². The van der Waals surface area contributed by atoms with E-state index in [4.69, 9.17) is 4.74 Å². The number of pyridine rings is 1. The molecule has 1 aliphatic rings. The highest BCUT2D eigenvalue weighted by Crippen LogP contribution is 2.40. The maximum Gasteiger partial charge on any atom is 0.262 e. The van der Waals surface area contributed by atoms with E-state index in [1.54, 1.807) is 35.7 Å². The number of Topliss-reactive ketones (excluding diaryl/α,β-unsaturated/α-hetero) is 1. The molecule has 6 rings (SSSR count). The van der Waals surface area contributed by atoms with Crippen LogP contribution in [0.2, 0.25) is 0 Å². The topological polar surface area (TPSA) is 111 Å². The van der Waals surface area contributed by atoms with Gasteiger partial charge in [0.25, 0.3) is 10.0 Å². The van der Waals surface area contributed by atoms with Gasteiger partial charge in [0.1, 0.15) is 17.7 Å². The molecule has 36 heavy (non-hydrogen) atoms. The first-order chi connectivity index (χ1) is 17.4. The summed E-state index contributed by atoms with van der Waals surface area (Å²) < 4.78 is 35.4. The average molecular weight is 535 g/mol. The van der Waals surface area contributed by atoms with Gasteiger partial charge in [-0.15, -0.1) is 22.7 Å². The molecule has 0 spiro atoms. The molecule has 0 amide bonds. The van der Waals surface area contributed by atoms with Crippen molar-refractivity contribution in [2.75, 3.05) is 11.8 Å². The lowest BCUT2D eigenvalue weighted by molar-refractivity contribution is 0.0982. The molecule has 0 fully saturated rings. The molecule has 180 valence electrons. The van der Waals surface area contributed by atoms with Crippen LogP contribution < -0.4 is 9.46 Å². The first-order valence-electron chi connectivity index (χ1n) is 10.9. The van der Waals surface area contributed by atoms with Crippen molar-refractivity contribution in [3.63, 3.8) is 0 Å². The zero-order valence-electron chi connectivity index (χ0n) is 18.9. The third kappa shape index (κ3) is 4.04. The largest absolute Gasteiger partial charge is 0.480 e. The van der Waals surface area contributed by atoms with Crippen molar-refractivity contribution < 1.29 is 17.9 Å². The molecule has 0 saturated carbocycles. The molecule has 8 bridgehead atoms. The molecular weight excluding hydrogens is 517 g/mol. The summed E-state index contributed by atoms with van der Waals surface area (Å²) in [6.07, 6.45) is 3.98. The Morgan fingerprint density at radius 2 is 1.89 bits per heavy atom. The van der Waals surface area contributed by atoms with Crippen LogP contribution in [0.15, 0.2) is 65.3 Å². The van der Waals surface area contributed by atoms with Gasteiger partial charge in [-0.05, 0) is 47.7 Å². The number of anilines is 1. The number of nitrogens with one attached hydrogen (secondary N) is 1. The fraction of sp³-hybridized carbons (Fsp3) is 0.120. The molecule has 5 aromatic rings. The first-order valence-corrected chi connectivity index (χ1v) is 14.1. The van der Waals surface area contributed by atoms with Crippen LogP contribution in [-0.2, 0) is 16.4 Å². The summed E-state index contributed by atoms with van der Waals surface area (Å²) >= 11 is 3.09. The lowest BCUT2D eigenvalue weighted by Gasteiger charge is -2.13. The zero-order chi connectivity index (χ0) is 24.9. The number of hydrogen-bond acceptors (Lipinski definition) is 9. The summed E-state index contributed by atoms with van der Waals surface area (Å²) in [5.74, 6) is 0.00570. The Kier molecular flexibility index (Phi) is 5.55. The highest BCUT2D eigenvalue weighted by molar-refractivity contribution is 7.92. The minimum absolute atomic E-state index is 0.0125. The summed E-state index contributed by atoms with van der Waals surface area (Å²) in [5, 5.41) is 2.03. The molecule has 1 aromatic carbocycles. The molecule has 1 N–H and O–H groups in total. The predicted octanol–water partition coefficient (Wildman–Crippen LogP) is 5.42. The molecular formula is C25H18N4O4S3. The molecule has 0 radical (unpaired) electrons. The van der Waals surface area contributed by atoms with Crippen LogP contribution >= 0.6 is 22.7 Å².